The first kappa shape index (κ1) is 16.1. The molecule has 0 fully saturated rings. The maximum atomic E-state index is 13.7. The molecule has 1 N–H and O–H groups in total. The van der Waals surface area contributed by atoms with Crippen LogP contribution in [0.25, 0.3) is 0 Å². The van der Waals surface area contributed by atoms with Crippen LogP contribution in [0, 0.1) is 5.92 Å². The molecule has 0 aromatic heterocycles. The Balaban J connectivity index is 2.72. The molecule has 0 radical (unpaired) electrons. The average molecular weight is 267 g/mol. The molecule has 108 valence electrons. The molecule has 2 unspecified atom stereocenters. The summed E-state index contributed by atoms with van der Waals surface area (Å²) in [5.74, 6) is -0.179. The van der Waals surface area contributed by atoms with E-state index in [1.807, 2.05) is 6.92 Å². The summed E-state index contributed by atoms with van der Waals surface area (Å²) >= 11 is 0. The second kappa shape index (κ2) is 7.61. The van der Waals surface area contributed by atoms with Gasteiger partial charge in [0.1, 0.15) is 5.83 Å². The summed E-state index contributed by atoms with van der Waals surface area (Å²) in [6, 6.07) is 0. The van der Waals surface area contributed by atoms with E-state index in [4.69, 9.17) is 4.74 Å². The van der Waals surface area contributed by atoms with E-state index >= 15 is 0 Å². The van der Waals surface area contributed by atoms with Gasteiger partial charge >= 0.3 is 0 Å². The number of hydrogen-bond donors (Lipinski definition) is 1. The number of rotatable bonds is 5. The number of hydrogen-bond acceptors (Lipinski definition) is 2. The van der Waals surface area contributed by atoms with Crippen molar-refractivity contribution in [2.24, 2.45) is 5.92 Å². The zero-order chi connectivity index (χ0) is 14.3. The lowest BCUT2D eigenvalue weighted by molar-refractivity contribution is -0.0523. The zero-order valence-corrected chi connectivity index (χ0v) is 12.3. The summed E-state index contributed by atoms with van der Waals surface area (Å²) in [5.41, 5.74) is 0.456. The fourth-order valence-corrected chi connectivity index (χ4v) is 2.15. The molecular weight excluding hydrogens is 241 g/mol. The Labute approximate surface area is 116 Å². The van der Waals surface area contributed by atoms with Crippen molar-refractivity contribution in [3.8, 4) is 0 Å². The Bertz CT molecular complexity index is 362. The first-order chi connectivity index (χ1) is 8.98. The van der Waals surface area contributed by atoms with Crippen molar-refractivity contribution in [2.45, 2.75) is 39.2 Å². The highest BCUT2D eigenvalue weighted by molar-refractivity contribution is 5.24. The number of allylic oxidation sites excluding steroid dienone is 2. The Morgan fingerprint density at radius 2 is 2.26 bits per heavy atom. The predicted molar refractivity (Wildman–Crippen MR) is 78.8 cm³/mol. The molecule has 1 aliphatic rings. The molecule has 0 spiro atoms. The molecule has 0 bridgehead atoms. The van der Waals surface area contributed by atoms with Crippen molar-refractivity contribution in [3.63, 3.8) is 0 Å². The standard InChI is InChI=1S/C16H26FNO/c1-5-18-10-6-9-16(4)14(3)11-15(17)8-7-13(2)12-19-16/h7-8,11,14,18H,2,5-6,9-10,12H2,1,3-4H3/b8-7-,15-11+. The molecule has 2 nitrogen and oxygen atoms in total. The van der Waals surface area contributed by atoms with Crippen molar-refractivity contribution >= 4 is 0 Å². The van der Waals surface area contributed by atoms with Gasteiger partial charge in [0.2, 0.25) is 0 Å². The second-order valence-corrected chi connectivity index (χ2v) is 5.39. The van der Waals surface area contributed by atoms with Crippen LogP contribution in [0.3, 0.4) is 0 Å². The molecular formula is C16H26FNO. The molecule has 0 aromatic rings. The van der Waals surface area contributed by atoms with Crippen molar-refractivity contribution < 1.29 is 9.13 Å². The summed E-state index contributed by atoms with van der Waals surface area (Å²) in [4.78, 5) is 0. The fraction of sp³-hybridized carbons (Fsp3) is 0.625. The van der Waals surface area contributed by atoms with E-state index in [9.17, 15) is 4.39 Å². The van der Waals surface area contributed by atoms with Crippen molar-refractivity contribution in [2.75, 3.05) is 19.7 Å². The highest BCUT2D eigenvalue weighted by Crippen LogP contribution is 2.31. The van der Waals surface area contributed by atoms with Gasteiger partial charge in [0, 0.05) is 5.92 Å². The lowest BCUT2D eigenvalue weighted by Gasteiger charge is -2.34. The molecule has 0 amide bonds. The molecule has 2 atom stereocenters. The molecule has 1 aliphatic heterocycles. The quantitative estimate of drug-likeness (QED) is 0.766. The van der Waals surface area contributed by atoms with Crippen LogP contribution in [0.15, 0.2) is 36.2 Å². The summed E-state index contributed by atoms with van der Waals surface area (Å²) in [6.45, 7) is 12.4. The van der Waals surface area contributed by atoms with Gasteiger partial charge in [0.05, 0.1) is 12.2 Å². The van der Waals surface area contributed by atoms with Gasteiger partial charge < -0.3 is 10.1 Å². The maximum absolute atomic E-state index is 13.7. The monoisotopic (exact) mass is 267 g/mol. The third kappa shape index (κ3) is 5.29. The fourth-order valence-electron chi connectivity index (χ4n) is 2.15. The van der Waals surface area contributed by atoms with Gasteiger partial charge in [-0.15, -0.1) is 0 Å². The average Bonchev–Trinajstić information content (AvgIpc) is 2.42. The Morgan fingerprint density at radius 3 is 2.95 bits per heavy atom. The summed E-state index contributed by atoms with van der Waals surface area (Å²) in [6.07, 6.45) is 6.71. The van der Waals surface area contributed by atoms with E-state index < -0.39 is 0 Å². The third-order valence-electron chi connectivity index (χ3n) is 3.71. The first-order valence-electron chi connectivity index (χ1n) is 7.06. The van der Waals surface area contributed by atoms with E-state index in [0.29, 0.717) is 6.61 Å². The Kier molecular flexibility index (Phi) is 6.46. The van der Waals surface area contributed by atoms with E-state index in [1.54, 1.807) is 12.2 Å². The van der Waals surface area contributed by atoms with Crippen molar-refractivity contribution in [3.05, 3.63) is 36.2 Å². The van der Waals surface area contributed by atoms with Crippen LogP contribution < -0.4 is 5.32 Å². The molecule has 1 heterocycles. The van der Waals surface area contributed by atoms with Gasteiger partial charge in [-0.25, -0.2) is 4.39 Å². The lowest BCUT2D eigenvalue weighted by Crippen LogP contribution is -2.37. The number of ether oxygens (including phenoxy) is 1. The van der Waals surface area contributed by atoms with Crippen LogP contribution in [0.5, 0.6) is 0 Å². The van der Waals surface area contributed by atoms with Gasteiger partial charge in [-0.3, -0.25) is 0 Å². The molecule has 19 heavy (non-hydrogen) atoms. The summed E-state index contributed by atoms with van der Waals surface area (Å²) in [5, 5.41) is 3.30. The summed E-state index contributed by atoms with van der Waals surface area (Å²) in [7, 11) is 0. The smallest absolute Gasteiger partial charge is 0.119 e. The number of nitrogens with one attached hydrogen (secondary N) is 1. The minimum Gasteiger partial charge on any atom is -0.370 e. The van der Waals surface area contributed by atoms with Crippen molar-refractivity contribution in [1.82, 2.24) is 5.32 Å². The zero-order valence-electron chi connectivity index (χ0n) is 12.3. The van der Waals surface area contributed by atoms with E-state index in [0.717, 1.165) is 31.5 Å². The highest BCUT2D eigenvalue weighted by Gasteiger charge is 2.31. The number of halogens is 1. The van der Waals surface area contributed by atoms with Gasteiger partial charge in [0.15, 0.2) is 0 Å². The summed E-state index contributed by atoms with van der Waals surface area (Å²) < 4.78 is 19.7. The molecule has 0 saturated heterocycles. The second-order valence-electron chi connectivity index (χ2n) is 5.39. The third-order valence-corrected chi connectivity index (χ3v) is 3.71. The van der Waals surface area contributed by atoms with Crippen LogP contribution in [0.2, 0.25) is 0 Å². The van der Waals surface area contributed by atoms with E-state index in [2.05, 4.69) is 25.7 Å². The van der Waals surface area contributed by atoms with Gasteiger partial charge in [0.25, 0.3) is 0 Å². The van der Waals surface area contributed by atoms with Gasteiger partial charge in [-0.05, 0) is 50.6 Å². The topological polar surface area (TPSA) is 21.3 Å². The normalized spacial score (nSPS) is 32.9. The van der Waals surface area contributed by atoms with E-state index in [1.165, 1.54) is 6.08 Å². The molecule has 0 aliphatic carbocycles. The van der Waals surface area contributed by atoms with Gasteiger partial charge in [-0.2, -0.15) is 0 Å². The molecule has 1 rings (SSSR count). The SMILES string of the molecule is C=C1/C=C\C(F)=C/C(C)C(C)(CCCNCC)OC1. The van der Waals surface area contributed by atoms with Crippen LogP contribution in [-0.2, 0) is 4.74 Å². The minimum atomic E-state index is -0.346. The van der Waals surface area contributed by atoms with Crippen LogP contribution in [0.4, 0.5) is 4.39 Å². The minimum absolute atomic E-state index is 0.0321. The van der Waals surface area contributed by atoms with E-state index in [-0.39, 0.29) is 17.3 Å². The largest absolute Gasteiger partial charge is 0.370 e. The Hall–Kier alpha value is -0.930. The lowest BCUT2D eigenvalue weighted by atomic mass is 9.85. The van der Waals surface area contributed by atoms with Crippen LogP contribution >= 0.6 is 0 Å². The Morgan fingerprint density at radius 1 is 1.53 bits per heavy atom. The predicted octanol–water partition coefficient (Wildman–Crippen LogP) is 3.77. The van der Waals surface area contributed by atoms with Crippen LogP contribution in [-0.4, -0.2) is 25.3 Å². The first-order valence-corrected chi connectivity index (χ1v) is 7.06. The highest BCUT2D eigenvalue weighted by atomic mass is 19.1. The maximum Gasteiger partial charge on any atom is 0.119 e. The van der Waals surface area contributed by atoms with Gasteiger partial charge in [-0.1, -0.05) is 26.5 Å². The van der Waals surface area contributed by atoms with Crippen molar-refractivity contribution in [1.29, 1.82) is 0 Å². The molecule has 3 heteroatoms. The molecule has 0 aromatic carbocycles. The van der Waals surface area contributed by atoms with Crippen LogP contribution in [0.1, 0.15) is 33.6 Å². The molecule has 0 saturated carbocycles.